The molecule has 0 amide bonds. The van der Waals surface area contributed by atoms with Crippen LogP contribution in [0.5, 0.6) is 0 Å². The zero-order valence-electron chi connectivity index (χ0n) is 22.8. The van der Waals surface area contributed by atoms with Crippen LogP contribution < -0.4 is 10.0 Å². The maximum Gasteiger partial charge on any atom is 0.209 e. The quantitative estimate of drug-likeness (QED) is 0.187. The lowest BCUT2D eigenvalue weighted by Gasteiger charge is -2.11. The minimum atomic E-state index is -3.47. The number of benzene rings is 2. The molecule has 4 heterocycles. The number of pyridine rings is 2. The number of nitrogens with zero attached hydrogens (tertiary/aromatic N) is 4. The summed E-state index contributed by atoms with van der Waals surface area (Å²) in [5.74, 6) is -0.654. The van der Waals surface area contributed by atoms with Crippen LogP contribution in [0.25, 0.3) is 55.8 Å². The van der Waals surface area contributed by atoms with E-state index >= 15 is 4.39 Å². The van der Waals surface area contributed by atoms with E-state index in [-0.39, 0.29) is 18.1 Å². The SMILES string of the molecule is CC(C)Nc1cncc(-c2cc(F)c3[nH]nc(-c4nc5c(-c6cc(F)cc(CNS(C)(=O)=O)c6)nccc5[nH]4)c3c2)c1. The Hall–Kier alpha value is -4.75. The zero-order chi connectivity index (χ0) is 29.6. The highest BCUT2D eigenvalue weighted by Gasteiger charge is 2.19. The van der Waals surface area contributed by atoms with Crippen LogP contribution in [-0.2, 0) is 16.6 Å². The third-order valence-electron chi connectivity index (χ3n) is 6.55. The van der Waals surface area contributed by atoms with Crippen molar-refractivity contribution in [2.24, 2.45) is 0 Å². The van der Waals surface area contributed by atoms with E-state index in [0.29, 0.717) is 50.3 Å². The van der Waals surface area contributed by atoms with Crippen LogP contribution in [0.2, 0.25) is 0 Å². The Labute approximate surface area is 239 Å². The predicted octanol–water partition coefficient (Wildman–Crippen LogP) is 5.38. The van der Waals surface area contributed by atoms with Crippen LogP contribution in [0.3, 0.4) is 0 Å². The lowest BCUT2D eigenvalue weighted by atomic mass is 10.0. The summed E-state index contributed by atoms with van der Waals surface area (Å²) in [7, 11) is -3.47. The molecule has 13 heteroatoms. The van der Waals surface area contributed by atoms with Gasteiger partial charge in [0.25, 0.3) is 0 Å². The van der Waals surface area contributed by atoms with Gasteiger partial charge in [0.15, 0.2) is 5.82 Å². The Kier molecular flexibility index (Phi) is 6.91. The molecule has 6 rings (SSSR count). The molecule has 0 unspecified atom stereocenters. The van der Waals surface area contributed by atoms with Crippen LogP contribution in [0.15, 0.2) is 61.1 Å². The molecule has 0 saturated carbocycles. The van der Waals surface area contributed by atoms with Gasteiger partial charge in [-0.2, -0.15) is 5.10 Å². The fourth-order valence-corrected chi connectivity index (χ4v) is 5.23. The fourth-order valence-electron chi connectivity index (χ4n) is 4.80. The van der Waals surface area contributed by atoms with Gasteiger partial charge >= 0.3 is 0 Å². The first-order valence-corrected chi connectivity index (χ1v) is 14.9. The molecule has 0 radical (unpaired) electrons. The lowest BCUT2D eigenvalue weighted by Crippen LogP contribution is -2.21. The summed E-state index contributed by atoms with van der Waals surface area (Å²) in [5.41, 5.74) is 5.10. The smallest absolute Gasteiger partial charge is 0.209 e. The van der Waals surface area contributed by atoms with E-state index in [4.69, 9.17) is 4.98 Å². The standard InChI is InChI=1S/C29H26F2N8O2S/c1-15(2)35-21-9-19(13-32-14-21)17-10-22-26(23(31)11-17)38-39-27(22)29-36-24-4-5-33-25(28(24)37-29)18-6-16(7-20(30)8-18)12-34-42(3,40)41/h4-11,13-15,34-35H,12H2,1-3H3,(H,36,37)(H,38,39). The minimum Gasteiger partial charge on any atom is -0.382 e. The Bertz CT molecular complexity index is 2070. The molecule has 42 heavy (non-hydrogen) atoms. The molecule has 10 nitrogen and oxygen atoms in total. The summed E-state index contributed by atoms with van der Waals surface area (Å²) < 4.78 is 55.2. The lowest BCUT2D eigenvalue weighted by molar-refractivity contribution is 0.586. The van der Waals surface area contributed by atoms with Gasteiger partial charge in [0.05, 0.1) is 23.2 Å². The Balaban J connectivity index is 1.43. The molecule has 6 aromatic rings. The normalized spacial score (nSPS) is 12.0. The highest BCUT2D eigenvalue weighted by molar-refractivity contribution is 7.88. The number of hydrogen-bond acceptors (Lipinski definition) is 7. The molecular weight excluding hydrogens is 562 g/mol. The Morgan fingerprint density at radius 3 is 2.60 bits per heavy atom. The second-order valence-electron chi connectivity index (χ2n) is 10.3. The van der Waals surface area contributed by atoms with Crippen molar-refractivity contribution in [1.82, 2.24) is 34.9 Å². The van der Waals surface area contributed by atoms with E-state index in [0.717, 1.165) is 17.5 Å². The average molecular weight is 589 g/mol. The molecule has 0 aliphatic carbocycles. The number of sulfonamides is 1. The predicted molar refractivity (Wildman–Crippen MR) is 158 cm³/mol. The largest absolute Gasteiger partial charge is 0.382 e. The molecule has 0 aliphatic heterocycles. The molecule has 4 aromatic heterocycles. The van der Waals surface area contributed by atoms with E-state index in [1.807, 2.05) is 26.0 Å². The second-order valence-corrected chi connectivity index (χ2v) is 12.1. The van der Waals surface area contributed by atoms with Crippen LogP contribution in [-0.4, -0.2) is 50.8 Å². The molecular formula is C29H26F2N8O2S. The number of fused-ring (bicyclic) bond motifs is 2. The van der Waals surface area contributed by atoms with Gasteiger partial charge in [0.2, 0.25) is 10.0 Å². The molecule has 4 N–H and O–H groups in total. The first kappa shape index (κ1) is 27.4. The summed E-state index contributed by atoms with van der Waals surface area (Å²) in [6.45, 7) is 3.96. The number of halogens is 2. The molecule has 214 valence electrons. The van der Waals surface area contributed by atoms with Crippen molar-refractivity contribution in [3.8, 4) is 33.9 Å². The molecule has 0 aliphatic rings. The number of anilines is 1. The summed E-state index contributed by atoms with van der Waals surface area (Å²) in [4.78, 5) is 16.7. The van der Waals surface area contributed by atoms with Gasteiger partial charge in [-0.05, 0) is 67.4 Å². The molecule has 2 aromatic carbocycles. The van der Waals surface area contributed by atoms with Crippen LogP contribution in [0, 0.1) is 11.6 Å². The number of H-pyrrole nitrogens is 2. The van der Waals surface area contributed by atoms with Gasteiger partial charge in [-0.3, -0.25) is 15.1 Å². The van der Waals surface area contributed by atoms with Crippen LogP contribution >= 0.6 is 0 Å². The van der Waals surface area contributed by atoms with Gasteiger partial charge in [-0.1, -0.05) is 0 Å². The number of rotatable bonds is 8. The van der Waals surface area contributed by atoms with Crippen molar-refractivity contribution in [1.29, 1.82) is 0 Å². The fraction of sp³-hybridized carbons (Fsp3) is 0.172. The van der Waals surface area contributed by atoms with E-state index in [9.17, 15) is 12.8 Å². The van der Waals surface area contributed by atoms with E-state index in [1.54, 1.807) is 30.7 Å². The van der Waals surface area contributed by atoms with Gasteiger partial charge in [0.1, 0.15) is 28.4 Å². The maximum absolute atomic E-state index is 15.2. The third-order valence-corrected chi connectivity index (χ3v) is 7.22. The highest BCUT2D eigenvalue weighted by atomic mass is 32.2. The van der Waals surface area contributed by atoms with E-state index in [2.05, 4.69) is 35.2 Å². The number of imidazole rings is 1. The Morgan fingerprint density at radius 2 is 1.81 bits per heavy atom. The van der Waals surface area contributed by atoms with Crippen molar-refractivity contribution in [3.05, 3.63) is 78.3 Å². The van der Waals surface area contributed by atoms with Crippen LogP contribution in [0.4, 0.5) is 14.5 Å². The molecule has 0 spiro atoms. The Morgan fingerprint density at radius 1 is 0.976 bits per heavy atom. The zero-order valence-corrected chi connectivity index (χ0v) is 23.6. The molecule has 0 atom stereocenters. The maximum atomic E-state index is 15.2. The minimum absolute atomic E-state index is 0.0789. The number of aromatic nitrogens is 6. The second kappa shape index (κ2) is 10.6. The first-order valence-electron chi connectivity index (χ1n) is 13.0. The molecule has 0 saturated heterocycles. The number of hydrogen-bond donors (Lipinski definition) is 4. The van der Waals surface area contributed by atoms with Gasteiger partial charge in [-0.25, -0.2) is 26.9 Å². The summed E-state index contributed by atoms with van der Waals surface area (Å²) in [5, 5.41) is 10.9. The summed E-state index contributed by atoms with van der Waals surface area (Å²) in [6.07, 6.45) is 5.98. The average Bonchev–Trinajstić information content (AvgIpc) is 3.55. The summed E-state index contributed by atoms with van der Waals surface area (Å²) >= 11 is 0. The van der Waals surface area contributed by atoms with Crippen molar-refractivity contribution >= 4 is 37.6 Å². The molecule has 0 fully saturated rings. The van der Waals surface area contributed by atoms with Gasteiger partial charge < -0.3 is 10.3 Å². The summed E-state index contributed by atoms with van der Waals surface area (Å²) in [6, 6.07) is 11.3. The first-order chi connectivity index (χ1) is 20.0. The van der Waals surface area contributed by atoms with Crippen molar-refractivity contribution < 1.29 is 17.2 Å². The van der Waals surface area contributed by atoms with E-state index in [1.165, 1.54) is 18.2 Å². The van der Waals surface area contributed by atoms with Gasteiger partial charge in [0, 0.05) is 47.7 Å². The van der Waals surface area contributed by atoms with Crippen molar-refractivity contribution in [2.75, 3.05) is 11.6 Å². The number of nitrogens with one attached hydrogen (secondary N) is 4. The van der Waals surface area contributed by atoms with Gasteiger partial charge in [-0.15, -0.1) is 0 Å². The van der Waals surface area contributed by atoms with Crippen LogP contribution in [0.1, 0.15) is 19.4 Å². The molecule has 0 bridgehead atoms. The number of aromatic amines is 2. The third kappa shape index (κ3) is 5.56. The van der Waals surface area contributed by atoms with Crippen molar-refractivity contribution in [2.45, 2.75) is 26.4 Å². The van der Waals surface area contributed by atoms with Crippen molar-refractivity contribution in [3.63, 3.8) is 0 Å². The highest BCUT2D eigenvalue weighted by Crippen LogP contribution is 2.34. The van der Waals surface area contributed by atoms with E-state index < -0.39 is 21.7 Å². The monoisotopic (exact) mass is 588 g/mol. The topological polar surface area (TPSA) is 141 Å².